The highest BCUT2D eigenvalue weighted by Gasteiger charge is 2.15. The van der Waals surface area contributed by atoms with Gasteiger partial charge in [-0.1, -0.05) is 17.7 Å². The maximum Gasteiger partial charge on any atom is 0.229 e. The number of halogens is 2. The second-order valence-electron chi connectivity index (χ2n) is 4.95. The lowest BCUT2D eigenvalue weighted by molar-refractivity contribution is -0.115. The second-order valence-corrected chi connectivity index (χ2v) is 6.52. The molecule has 0 fully saturated rings. The summed E-state index contributed by atoms with van der Waals surface area (Å²) in [5.74, 6) is -0.671. The third-order valence-corrected chi connectivity index (χ3v) is 4.71. The summed E-state index contributed by atoms with van der Waals surface area (Å²) >= 11 is 7.27. The van der Waals surface area contributed by atoms with Gasteiger partial charge < -0.3 is 10.6 Å². The van der Waals surface area contributed by atoms with Gasteiger partial charge in [-0.2, -0.15) is 0 Å². The van der Waals surface area contributed by atoms with Crippen LogP contribution in [-0.2, 0) is 24.2 Å². The molecule has 0 bridgehead atoms. The van der Waals surface area contributed by atoms with Gasteiger partial charge >= 0.3 is 0 Å². The molecule has 21 heavy (non-hydrogen) atoms. The summed E-state index contributed by atoms with van der Waals surface area (Å²) in [5.41, 5.74) is 1.63. The summed E-state index contributed by atoms with van der Waals surface area (Å²) in [4.78, 5) is 13.3. The van der Waals surface area contributed by atoms with E-state index in [1.807, 2.05) is 6.07 Å². The molecule has 1 aliphatic heterocycles. The van der Waals surface area contributed by atoms with Gasteiger partial charge in [0.15, 0.2) is 0 Å². The molecule has 1 amide bonds. The molecule has 2 heterocycles. The minimum absolute atomic E-state index is 0.00379. The number of thiophene rings is 1. The maximum atomic E-state index is 13.7. The Hall–Kier alpha value is -1.43. The first-order valence-corrected chi connectivity index (χ1v) is 7.87. The van der Waals surface area contributed by atoms with Gasteiger partial charge in [0.05, 0.1) is 11.4 Å². The summed E-state index contributed by atoms with van der Waals surface area (Å²) in [5, 5.41) is 7.29. The Labute approximate surface area is 131 Å². The zero-order valence-electron chi connectivity index (χ0n) is 11.2. The number of rotatable bonds is 3. The second kappa shape index (κ2) is 6.13. The summed E-state index contributed by atoms with van der Waals surface area (Å²) in [6, 6.07) is 6.36. The van der Waals surface area contributed by atoms with Crippen molar-refractivity contribution >= 4 is 33.8 Å². The van der Waals surface area contributed by atoms with E-state index in [0.717, 1.165) is 24.5 Å². The molecule has 3 rings (SSSR count). The molecule has 0 atom stereocenters. The SMILES string of the molecule is O=C(Cc1ccc(Cl)cc1F)Nc1cc2c(s1)CNCC2. The minimum atomic E-state index is -0.452. The summed E-state index contributed by atoms with van der Waals surface area (Å²) in [6.07, 6.45) is 0.983. The lowest BCUT2D eigenvalue weighted by Crippen LogP contribution is -2.21. The van der Waals surface area contributed by atoms with Gasteiger partial charge in [-0.3, -0.25) is 4.79 Å². The molecule has 0 spiro atoms. The number of anilines is 1. The van der Waals surface area contributed by atoms with E-state index < -0.39 is 5.82 Å². The number of amides is 1. The van der Waals surface area contributed by atoms with Crippen molar-refractivity contribution in [2.45, 2.75) is 19.4 Å². The fourth-order valence-corrected chi connectivity index (χ4v) is 3.59. The van der Waals surface area contributed by atoms with E-state index in [4.69, 9.17) is 11.6 Å². The Morgan fingerprint density at radius 1 is 1.43 bits per heavy atom. The Morgan fingerprint density at radius 2 is 2.29 bits per heavy atom. The average Bonchev–Trinajstić information content (AvgIpc) is 2.84. The predicted octanol–water partition coefficient (Wildman–Crippen LogP) is 3.37. The molecule has 0 radical (unpaired) electrons. The molecule has 1 aromatic carbocycles. The maximum absolute atomic E-state index is 13.7. The molecule has 0 saturated heterocycles. The number of nitrogens with one attached hydrogen (secondary N) is 2. The van der Waals surface area contributed by atoms with Gasteiger partial charge in [-0.25, -0.2) is 4.39 Å². The van der Waals surface area contributed by atoms with Gasteiger partial charge in [-0.05, 0) is 42.3 Å². The van der Waals surface area contributed by atoms with Gasteiger partial charge in [-0.15, -0.1) is 11.3 Å². The van der Waals surface area contributed by atoms with Crippen molar-refractivity contribution in [3.8, 4) is 0 Å². The van der Waals surface area contributed by atoms with Crippen molar-refractivity contribution in [2.75, 3.05) is 11.9 Å². The van der Waals surface area contributed by atoms with Crippen LogP contribution >= 0.6 is 22.9 Å². The lowest BCUT2D eigenvalue weighted by Gasteiger charge is -2.10. The first-order valence-electron chi connectivity index (χ1n) is 6.68. The fraction of sp³-hybridized carbons (Fsp3) is 0.267. The molecule has 6 heteroatoms. The van der Waals surface area contributed by atoms with Crippen molar-refractivity contribution in [3.63, 3.8) is 0 Å². The molecular formula is C15H14ClFN2OS. The predicted molar refractivity (Wildman–Crippen MR) is 83.5 cm³/mol. The molecule has 1 aromatic heterocycles. The van der Waals surface area contributed by atoms with E-state index >= 15 is 0 Å². The summed E-state index contributed by atoms with van der Waals surface area (Å²) < 4.78 is 13.7. The third kappa shape index (κ3) is 3.43. The van der Waals surface area contributed by atoms with Crippen LogP contribution in [0, 0.1) is 5.82 Å². The Bertz CT molecular complexity index is 663. The molecule has 1 aliphatic rings. The van der Waals surface area contributed by atoms with Crippen LogP contribution in [0.3, 0.4) is 0 Å². The van der Waals surface area contributed by atoms with Crippen LogP contribution < -0.4 is 10.6 Å². The van der Waals surface area contributed by atoms with Crippen LogP contribution in [0.1, 0.15) is 16.0 Å². The van der Waals surface area contributed by atoms with Crippen molar-refractivity contribution in [1.82, 2.24) is 5.32 Å². The topological polar surface area (TPSA) is 41.1 Å². The average molecular weight is 325 g/mol. The van der Waals surface area contributed by atoms with Crippen molar-refractivity contribution in [2.24, 2.45) is 0 Å². The van der Waals surface area contributed by atoms with E-state index in [9.17, 15) is 9.18 Å². The zero-order valence-corrected chi connectivity index (χ0v) is 12.8. The quantitative estimate of drug-likeness (QED) is 0.909. The van der Waals surface area contributed by atoms with Crippen LogP contribution in [0.4, 0.5) is 9.39 Å². The molecule has 0 aliphatic carbocycles. The van der Waals surface area contributed by atoms with Crippen LogP contribution in [0.25, 0.3) is 0 Å². The van der Waals surface area contributed by atoms with E-state index in [1.54, 1.807) is 23.5 Å². The largest absolute Gasteiger partial charge is 0.317 e. The number of carbonyl (C=O) groups excluding carboxylic acids is 1. The third-order valence-electron chi connectivity index (χ3n) is 3.38. The monoisotopic (exact) mass is 324 g/mol. The first-order chi connectivity index (χ1) is 10.1. The molecule has 2 N–H and O–H groups in total. The van der Waals surface area contributed by atoms with E-state index in [1.165, 1.54) is 16.5 Å². The molecular weight excluding hydrogens is 311 g/mol. The number of benzene rings is 1. The van der Waals surface area contributed by atoms with Crippen LogP contribution in [0.15, 0.2) is 24.3 Å². The number of carbonyl (C=O) groups is 1. The summed E-state index contributed by atoms with van der Waals surface area (Å²) in [6.45, 7) is 1.81. The number of fused-ring (bicyclic) bond motifs is 1. The normalized spacial score (nSPS) is 13.8. The van der Waals surface area contributed by atoms with Crippen molar-refractivity contribution < 1.29 is 9.18 Å². The highest BCUT2D eigenvalue weighted by molar-refractivity contribution is 7.16. The Morgan fingerprint density at radius 3 is 3.05 bits per heavy atom. The van der Waals surface area contributed by atoms with Gasteiger partial charge in [0.2, 0.25) is 5.91 Å². The Balaban J connectivity index is 1.67. The molecule has 0 saturated carbocycles. The standard InChI is InChI=1S/C15H14ClFN2OS/c16-11-2-1-9(12(17)7-11)5-14(20)19-15-6-10-3-4-18-8-13(10)21-15/h1-2,6-7,18H,3-5,8H2,(H,19,20). The summed E-state index contributed by atoms with van der Waals surface area (Å²) in [7, 11) is 0. The number of hydrogen-bond acceptors (Lipinski definition) is 3. The minimum Gasteiger partial charge on any atom is -0.317 e. The van der Waals surface area contributed by atoms with E-state index in [0.29, 0.717) is 10.6 Å². The highest BCUT2D eigenvalue weighted by Crippen LogP contribution is 2.29. The lowest BCUT2D eigenvalue weighted by atomic mass is 10.1. The van der Waals surface area contributed by atoms with Crippen molar-refractivity contribution in [1.29, 1.82) is 0 Å². The first kappa shape index (κ1) is 14.5. The molecule has 3 nitrogen and oxygen atoms in total. The molecule has 110 valence electrons. The van der Waals surface area contributed by atoms with Gasteiger partial charge in [0.1, 0.15) is 5.82 Å². The van der Waals surface area contributed by atoms with Crippen LogP contribution in [0.5, 0.6) is 0 Å². The zero-order chi connectivity index (χ0) is 14.8. The van der Waals surface area contributed by atoms with Gasteiger partial charge in [0.25, 0.3) is 0 Å². The molecule has 2 aromatic rings. The van der Waals surface area contributed by atoms with Crippen LogP contribution in [0.2, 0.25) is 5.02 Å². The van der Waals surface area contributed by atoms with Gasteiger partial charge in [0, 0.05) is 16.4 Å². The van der Waals surface area contributed by atoms with Crippen LogP contribution in [-0.4, -0.2) is 12.5 Å². The van der Waals surface area contributed by atoms with E-state index in [2.05, 4.69) is 10.6 Å². The fourth-order valence-electron chi connectivity index (χ4n) is 2.33. The van der Waals surface area contributed by atoms with Crippen molar-refractivity contribution in [3.05, 3.63) is 51.1 Å². The smallest absolute Gasteiger partial charge is 0.229 e. The number of hydrogen-bond donors (Lipinski definition) is 2. The molecule has 0 unspecified atom stereocenters. The van der Waals surface area contributed by atoms with E-state index in [-0.39, 0.29) is 12.3 Å². The Kier molecular flexibility index (Phi) is 4.24. The highest BCUT2D eigenvalue weighted by atomic mass is 35.5.